The van der Waals surface area contributed by atoms with Crippen molar-refractivity contribution in [2.45, 2.75) is 19.8 Å². The highest BCUT2D eigenvalue weighted by molar-refractivity contribution is 5.96. The van der Waals surface area contributed by atoms with Crippen LogP contribution in [0.5, 0.6) is 0 Å². The Kier molecular flexibility index (Phi) is 2.60. The first-order valence-electron chi connectivity index (χ1n) is 4.13. The Bertz CT molecular complexity index is 347. The van der Waals surface area contributed by atoms with Crippen LogP contribution < -0.4 is 0 Å². The topological polar surface area (TPSA) is 90.4 Å². The number of rotatable bonds is 3. The van der Waals surface area contributed by atoms with Crippen LogP contribution in [0.25, 0.3) is 0 Å². The van der Waals surface area contributed by atoms with Crippen molar-refractivity contribution in [3.63, 3.8) is 0 Å². The standard InChI is InChI=1S/C9H11NO4/c1-4(2)6-5(8(11)12)3-10-7(6)9(13)14/h3-4,10H,1-2H3,(H,11,12)(H,13,14). The average Bonchev–Trinajstić information content (AvgIpc) is 2.46. The Morgan fingerprint density at radius 3 is 2.21 bits per heavy atom. The zero-order valence-electron chi connectivity index (χ0n) is 7.87. The molecule has 0 amide bonds. The van der Waals surface area contributed by atoms with E-state index in [0.717, 1.165) is 0 Å². The molecule has 0 atom stereocenters. The van der Waals surface area contributed by atoms with Crippen LogP contribution in [-0.4, -0.2) is 27.1 Å². The maximum Gasteiger partial charge on any atom is 0.352 e. The quantitative estimate of drug-likeness (QED) is 0.685. The molecule has 0 unspecified atom stereocenters. The summed E-state index contributed by atoms with van der Waals surface area (Å²) in [4.78, 5) is 23.9. The molecule has 3 N–H and O–H groups in total. The van der Waals surface area contributed by atoms with Crippen LogP contribution >= 0.6 is 0 Å². The van der Waals surface area contributed by atoms with Gasteiger partial charge in [-0.15, -0.1) is 0 Å². The lowest BCUT2D eigenvalue weighted by Gasteiger charge is -2.05. The minimum Gasteiger partial charge on any atom is -0.478 e. The summed E-state index contributed by atoms with van der Waals surface area (Å²) in [5, 5.41) is 17.6. The van der Waals surface area contributed by atoms with Crippen LogP contribution in [0.4, 0.5) is 0 Å². The maximum atomic E-state index is 10.7. The minimum absolute atomic E-state index is 0.0254. The molecule has 0 aromatic carbocycles. The smallest absolute Gasteiger partial charge is 0.352 e. The number of carbonyl (C=O) groups is 2. The molecule has 1 rings (SSSR count). The van der Waals surface area contributed by atoms with Gasteiger partial charge in [0.05, 0.1) is 5.56 Å². The van der Waals surface area contributed by atoms with Crippen molar-refractivity contribution in [3.8, 4) is 0 Å². The van der Waals surface area contributed by atoms with Gasteiger partial charge in [-0.25, -0.2) is 9.59 Å². The number of aromatic nitrogens is 1. The van der Waals surface area contributed by atoms with Crippen LogP contribution in [0.2, 0.25) is 0 Å². The second-order valence-electron chi connectivity index (χ2n) is 3.26. The first-order valence-corrected chi connectivity index (χ1v) is 4.13. The highest BCUT2D eigenvalue weighted by atomic mass is 16.4. The Labute approximate surface area is 80.4 Å². The second kappa shape index (κ2) is 3.53. The summed E-state index contributed by atoms with van der Waals surface area (Å²) in [6, 6.07) is 0. The number of hydrogen-bond acceptors (Lipinski definition) is 2. The van der Waals surface area contributed by atoms with E-state index in [1.54, 1.807) is 13.8 Å². The molecule has 76 valence electrons. The van der Waals surface area contributed by atoms with Gasteiger partial charge < -0.3 is 15.2 Å². The molecule has 0 fully saturated rings. The highest BCUT2D eigenvalue weighted by Gasteiger charge is 2.22. The molecule has 1 aromatic heterocycles. The van der Waals surface area contributed by atoms with E-state index in [9.17, 15) is 9.59 Å². The van der Waals surface area contributed by atoms with Gasteiger partial charge in [0.15, 0.2) is 0 Å². The minimum atomic E-state index is -1.14. The molecule has 14 heavy (non-hydrogen) atoms. The number of carboxylic acids is 2. The van der Waals surface area contributed by atoms with Gasteiger partial charge >= 0.3 is 11.9 Å². The van der Waals surface area contributed by atoms with Crippen molar-refractivity contribution < 1.29 is 19.8 Å². The third-order valence-corrected chi connectivity index (χ3v) is 1.94. The first kappa shape index (κ1) is 10.3. The van der Waals surface area contributed by atoms with E-state index in [4.69, 9.17) is 10.2 Å². The predicted octanol–water partition coefficient (Wildman–Crippen LogP) is 1.53. The van der Waals surface area contributed by atoms with Gasteiger partial charge in [-0.3, -0.25) is 0 Å². The summed E-state index contributed by atoms with van der Waals surface area (Å²) in [5.74, 6) is -2.39. The van der Waals surface area contributed by atoms with Crippen LogP contribution in [0.3, 0.4) is 0 Å². The molecule has 0 aliphatic heterocycles. The molecule has 1 heterocycles. The number of carboxylic acid groups (broad SMARTS) is 2. The molecule has 0 aliphatic rings. The normalized spacial score (nSPS) is 10.5. The van der Waals surface area contributed by atoms with Crippen LogP contribution in [0.15, 0.2) is 6.20 Å². The molecule has 5 nitrogen and oxygen atoms in total. The molecular weight excluding hydrogens is 186 g/mol. The van der Waals surface area contributed by atoms with E-state index in [-0.39, 0.29) is 17.2 Å². The van der Waals surface area contributed by atoms with Crippen molar-refractivity contribution in [2.75, 3.05) is 0 Å². The summed E-state index contributed by atoms with van der Waals surface area (Å²) < 4.78 is 0. The molecule has 0 aliphatic carbocycles. The molecule has 0 spiro atoms. The van der Waals surface area contributed by atoms with Gasteiger partial charge in [0, 0.05) is 11.8 Å². The fourth-order valence-electron chi connectivity index (χ4n) is 1.39. The molecule has 0 radical (unpaired) electrons. The summed E-state index contributed by atoms with van der Waals surface area (Å²) in [7, 11) is 0. The summed E-state index contributed by atoms with van der Waals surface area (Å²) in [6.45, 7) is 3.50. The van der Waals surface area contributed by atoms with E-state index in [2.05, 4.69) is 4.98 Å². The Hall–Kier alpha value is -1.78. The van der Waals surface area contributed by atoms with Crippen LogP contribution in [0.1, 0.15) is 46.2 Å². The summed E-state index contributed by atoms with van der Waals surface area (Å²) in [6.07, 6.45) is 1.21. The van der Waals surface area contributed by atoms with E-state index in [0.29, 0.717) is 5.56 Å². The number of aromatic amines is 1. The summed E-state index contributed by atoms with van der Waals surface area (Å²) in [5.41, 5.74) is 0.319. The number of nitrogens with one attached hydrogen (secondary N) is 1. The van der Waals surface area contributed by atoms with Gasteiger partial charge in [-0.05, 0) is 5.92 Å². The van der Waals surface area contributed by atoms with Crippen molar-refractivity contribution in [1.82, 2.24) is 4.98 Å². The third kappa shape index (κ3) is 1.61. The predicted molar refractivity (Wildman–Crippen MR) is 48.8 cm³/mol. The Morgan fingerprint density at radius 1 is 1.29 bits per heavy atom. The lowest BCUT2D eigenvalue weighted by atomic mass is 9.99. The SMILES string of the molecule is CC(C)c1c(C(=O)O)c[nH]c1C(=O)O. The fraction of sp³-hybridized carbons (Fsp3) is 0.333. The lowest BCUT2D eigenvalue weighted by Crippen LogP contribution is -2.06. The van der Waals surface area contributed by atoms with Gasteiger partial charge in [0.25, 0.3) is 0 Å². The van der Waals surface area contributed by atoms with Crippen molar-refractivity contribution in [2.24, 2.45) is 0 Å². The zero-order valence-corrected chi connectivity index (χ0v) is 7.87. The van der Waals surface area contributed by atoms with Crippen molar-refractivity contribution in [1.29, 1.82) is 0 Å². The van der Waals surface area contributed by atoms with Crippen LogP contribution in [-0.2, 0) is 0 Å². The fourth-order valence-corrected chi connectivity index (χ4v) is 1.39. The van der Waals surface area contributed by atoms with Crippen molar-refractivity contribution >= 4 is 11.9 Å². The number of hydrogen-bond donors (Lipinski definition) is 3. The molecular formula is C9H11NO4. The van der Waals surface area contributed by atoms with Crippen molar-refractivity contribution in [3.05, 3.63) is 23.0 Å². The van der Waals surface area contributed by atoms with Gasteiger partial charge in [0.2, 0.25) is 0 Å². The summed E-state index contributed by atoms with van der Waals surface area (Å²) >= 11 is 0. The largest absolute Gasteiger partial charge is 0.478 e. The molecule has 0 bridgehead atoms. The van der Waals surface area contributed by atoms with E-state index in [1.165, 1.54) is 6.20 Å². The molecule has 0 saturated heterocycles. The third-order valence-electron chi connectivity index (χ3n) is 1.94. The van der Waals surface area contributed by atoms with E-state index < -0.39 is 11.9 Å². The molecule has 5 heteroatoms. The second-order valence-corrected chi connectivity index (χ2v) is 3.26. The lowest BCUT2D eigenvalue weighted by molar-refractivity contribution is 0.0688. The Morgan fingerprint density at radius 2 is 1.86 bits per heavy atom. The first-order chi connectivity index (χ1) is 6.45. The Balaban J connectivity index is 3.35. The highest BCUT2D eigenvalue weighted by Crippen LogP contribution is 2.23. The van der Waals surface area contributed by atoms with E-state index in [1.807, 2.05) is 0 Å². The zero-order chi connectivity index (χ0) is 10.9. The molecule has 1 aromatic rings. The maximum absolute atomic E-state index is 10.7. The van der Waals surface area contributed by atoms with Crippen LogP contribution in [0, 0.1) is 0 Å². The number of aromatic carboxylic acids is 2. The monoisotopic (exact) mass is 197 g/mol. The van der Waals surface area contributed by atoms with Gasteiger partial charge in [0.1, 0.15) is 5.69 Å². The van der Waals surface area contributed by atoms with Gasteiger partial charge in [-0.1, -0.05) is 13.8 Å². The van der Waals surface area contributed by atoms with E-state index >= 15 is 0 Å². The van der Waals surface area contributed by atoms with Gasteiger partial charge in [-0.2, -0.15) is 0 Å². The average molecular weight is 197 g/mol. The molecule has 0 saturated carbocycles. The number of H-pyrrole nitrogens is 1.